The van der Waals surface area contributed by atoms with Crippen LogP contribution in [0.5, 0.6) is 17.2 Å². The van der Waals surface area contributed by atoms with Gasteiger partial charge in [0.05, 0.1) is 32.9 Å². The summed E-state index contributed by atoms with van der Waals surface area (Å²) >= 11 is 0. The molecule has 4 rings (SSSR count). The van der Waals surface area contributed by atoms with E-state index in [0.717, 1.165) is 11.3 Å². The van der Waals surface area contributed by atoms with E-state index in [0.29, 0.717) is 29.0 Å². The molecule has 1 fully saturated rings. The molecule has 1 unspecified atom stereocenters. The van der Waals surface area contributed by atoms with Crippen LogP contribution < -0.4 is 14.2 Å². The number of carbonyl (C=O) groups is 2. The van der Waals surface area contributed by atoms with E-state index in [-0.39, 0.29) is 17.9 Å². The maximum absolute atomic E-state index is 13.3. The molecule has 1 atom stereocenters. The van der Waals surface area contributed by atoms with Crippen molar-refractivity contribution < 1.29 is 28.9 Å². The Morgan fingerprint density at radius 3 is 2.26 bits per heavy atom. The first kappa shape index (κ1) is 23.9. The number of ether oxygens (including phenoxy) is 3. The van der Waals surface area contributed by atoms with Crippen molar-refractivity contribution in [2.24, 2.45) is 0 Å². The largest absolute Gasteiger partial charge is 0.507 e. The molecule has 1 N–H and O–H groups in total. The number of nitrogens with zero attached hydrogens (tertiary/aromatic N) is 1. The predicted octanol–water partition coefficient (Wildman–Crippen LogP) is 4.38. The third kappa shape index (κ3) is 4.71. The first-order valence-corrected chi connectivity index (χ1v) is 11.2. The summed E-state index contributed by atoms with van der Waals surface area (Å²) in [6.45, 7) is 0.272. The van der Waals surface area contributed by atoms with Crippen LogP contribution in [0.2, 0.25) is 0 Å². The van der Waals surface area contributed by atoms with Gasteiger partial charge in [0, 0.05) is 17.7 Å². The molecule has 7 nitrogen and oxygen atoms in total. The maximum atomic E-state index is 13.3. The number of hydrogen-bond donors (Lipinski definition) is 1. The summed E-state index contributed by atoms with van der Waals surface area (Å²) in [6.07, 6.45) is 0.516. The number of likely N-dealkylation sites (tertiary alicyclic amines) is 1. The molecule has 7 heteroatoms. The number of amides is 1. The molecule has 35 heavy (non-hydrogen) atoms. The Labute approximate surface area is 204 Å². The molecule has 0 aromatic heterocycles. The maximum Gasteiger partial charge on any atom is 0.295 e. The zero-order valence-electron chi connectivity index (χ0n) is 19.9. The van der Waals surface area contributed by atoms with Crippen molar-refractivity contribution in [1.29, 1.82) is 0 Å². The first-order valence-electron chi connectivity index (χ1n) is 11.2. The van der Waals surface area contributed by atoms with Gasteiger partial charge in [-0.3, -0.25) is 9.59 Å². The highest BCUT2D eigenvalue weighted by atomic mass is 16.5. The van der Waals surface area contributed by atoms with E-state index in [1.54, 1.807) is 43.5 Å². The van der Waals surface area contributed by atoms with E-state index in [2.05, 4.69) is 0 Å². The number of ketones is 1. The molecule has 3 aromatic carbocycles. The van der Waals surface area contributed by atoms with Gasteiger partial charge in [0.1, 0.15) is 23.0 Å². The molecule has 1 heterocycles. The van der Waals surface area contributed by atoms with E-state index < -0.39 is 17.7 Å². The zero-order chi connectivity index (χ0) is 24.9. The lowest BCUT2D eigenvalue weighted by Crippen LogP contribution is -2.31. The Morgan fingerprint density at radius 1 is 0.857 bits per heavy atom. The lowest BCUT2D eigenvalue weighted by molar-refractivity contribution is -0.139. The number of aliphatic hydroxyl groups excluding tert-OH is 1. The molecule has 0 aliphatic carbocycles. The van der Waals surface area contributed by atoms with Crippen molar-refractivity contribution in [3.8, 4) is 17.2 Å². The van der Waals surface area contributed by atoms with Gasteiger partial charge in [-0.25, -0.2) is 0 Å². The fourth-order valence-corrected chi connectivity index (χ4v) is 4.29. The second kappa shape index (κ2) is 10.3. The van der Waals surface area contributed by atoms with Crippen LogP contribution in [0.15, 0.2) is 78.4 Å². The predicted molar refractivity (Wildman–Crippen MR) is 132 cm³/mol. The Kier molecular flexibility index (Phi) is 7.06. The number of para-hydroxylation sites is 1. The SMILES string of the molecule is COc1ccc(CCN2C(=O)C(=O)/C(=C(\O)c3cccc(OC)c3)C2c2ccccc2OC)cc1. The van der Waals surface area contributed by atoms with Crippen molar-refractivity contribution in [2.45, 2.75) is 12.5 Å². The molecule has 180 valence electrons. The Balaban J connectivity index is 1.79. The van der Waals surface area contributed by atoms with Crippen LogP contribution in [0.25, 0.3) is 5.76 Å². The van der Waals surface area contributed by atoms with Gasteiger partial charge in [0.15, 0.2) is 0 Å². The topological polar surface area (TPSA) is 85.3 Å². The van der Waals surface area contributed by atoms with Crippen molar-refractivity contribution in [3.05, 3.63) is 95.1 Å². The highest BCUT2D eigenvalue weighted by Gasteiger charge is 2.46. The summed E-state index contributed by atoms with van der Waals surface area (Å²) in [7, 11) is 4.65. The van der Waals surface area contributed by atoms with Gasteiger partial charge in [-0.2, -0.15) is 0 Å². The average Bonchev–Trinajstić information content (AvgIpc) is 3.16. The van der Waals surface area contributed by atoms with E-state index >= 15 is 0 Å². The van der Waals surface area contributed by atoms with Crippen LogP contribution in [-0.2, 0) is 16.0 Å². The average molecular weight is 474 g/mol. The second-order valence-corrected chi connectivity index (χ2v) is 8.06. The van der Waals surface area contributed by atoms with Gasteiger partial charge in [-0.15, -0.1) is 0 Å². The van der Waals surface area contributed by atoms with Crippen LogP contribution in [0.3, 0.4) is 0 Å². The van der Waals surface area contributed by atoms with Crippen molar-refractivity contribution in [2.75, 3.05) is 27.9 Å². The highest BCUT2D eigenvalue weighted by molar-refractivity contribution is 6.46. The summed E-state index contributed by atoms with van der Waals surface area (Å²) in [5.41, 5.74) is 2.01. The molecule has 0 spiro atoms. The molecule has 0 saturated carbocycles. The fourth-order valence-electron chi connectivity index (χ4n) is 4.29. The van der Waals surface area contributed by atoms with Crippen LogP contribution in [0, 0.1) is 0 Å². The summed E-state index contributed by atoms with van der Waals surface area (Å²) < 4.78 is 16.0. The minimum atomic E-state index is -0.810. The van der Waals surface area contributed by atoms with Crippen molar-refractivity contribution >= 4 is 17.4 Å². The molecular weight excluding hydrogens is 446 g/mol. The van der Waals surface area contributed by atoms with Gasteiger partial charge in [-0.05, 0) is 42.3 Å². The zero-order valence-corrected chi connectivity index (χ0v) is 19.9. The van der Waals surface area contributed by atoms with Crippen molar-refractivity contribution in [1.82, 2.24) is 4.90 Å². The monoisotopic (exact) mass is 473 g/mol. The number of methoxy groups -OCH3 is 3. The number of aliphatic hydroxyl groups is 1. The minimum absolute atomic E-state index is 0.0162. The summed E-state index contributed by atoms with van der Waals surface area (Å²) in [6, 6.07) is 20.7. The number of carbonyl (C=O) groups excluding carboxylic acids is 2. The Morgan fingerprint density at radius 2 is 1.57 bits per heavy atom. The van der Waals surface area contributed by atoms with Crippen molar-refractivity contribution in [3.63, 3.8) is 0 Å². The normalized spacial score (nSPS) is 16.9. The van der Waals surface area contributed by atoms with Gasteiger partial charge in [0.2, 0.25) is 0 Å². The van der Waals surface area contributed by atoms with Gasteiger partial charge >= 0.3 is 0 Å². The number of rotatable bonds is 8. The molecule has 1 amide bonds. The second-order valence-electron chi connectivity index (χ2n) is 8.06. The first-order chi connectivity index (χ1) is 17.0. The smallest absolute Gasteiger partial charge is 0.295 e. The minimum Gasteiger partial charge on any atom is -0.507 e. The molecule has 0 bridgehead atoms. The van der Waals surface area contributed by atoms with Gasteiger partial charge in [0.25, 0.3) is 11.7 Å². The summed E-state index contributed by atoms with van der Waals surface area (Å²) in [4.78, 5) is 28.0. The quantitative estimate of drug-likeness (QED) is 0.297. The highest BCUT2D eigenvalue weighted by Crippen LogP contribution is 2.42. The third-order valence-corrected chi connectivity index (χ3v) is 6.12. The Hall–Kier alpha value is -4.26. The molecule has 0 radical (unpaired) electrons. The van der Waals surface area contributed by atoms with Crippen LogP contribution in [0.1, 0.15) is 22.7 Å². The molecular formula is C28H27NO6. The molecule has 3 aromatic rings. The molecule has 1 aliphatic rings. The van der Waals surface area contributed by atoms with Crippen LogP contribution in [-0.4, -0.2) is 49.6 Å². The third-order valence-electron chi connectivity index (χ3n) is 6.12. The van der Waals surface area contributed by atoms with Gasteiger partial charge in [-0.1, -0.05) is 42.5 Å². The van der Waals surface area contributed by atoms with E-state index in [9.17, 15) is 14.7 Å². The number of Topliss-reactive ketones (excluding diaryl/α,β-unsaturated/α-hetero) is 1. The standard InChI is InChI=1S/C28H27NO6/c1-33-20-13-11-18(12-14-20)15-16-29-25(22-9-4-5-10-23(22)35-3)24(27(31)28(29)32)26(30)19-7-6-8-21(17-19)34-2/h4-14,17,25,30H,15-16H2,1-3H3/b26-24-. The van der Waals surface area contributed by atoms with Gasteiger partial charge < -0.3 is 24.2 Å². The van der Waals surface area contributed by atoms with E-state index in [1.165, 1.54) is 19.1 Å². The Bertz CT molecular complexity index is 1260. The lowest BCUT2D eigenvalue weighted by Gasteiger charge is -2.26. The fraction of sp³-hybridized carbons (Fsp3) is 0.214. The van der Waals surface area contributed by atoms with Crippen LogP contribution >= 0.6 is 0 Å². The van der Waals surface area contributed by atoms with E-state index in [1.807, 2.05) is 36.4 Å². The summed E-state index contributed by atoms with van der Waals surface area (Å²) in [5.74, 6) is 0.114. The van der Waals surface area contributed by atoms with E-state index in [4.69, 9.17) is 14.2 Å². The lowest BCUT2D eigenvalue weighted by atomic mass is 9.94. The number of benzene rings is 3. The molecule has 1 saturated heterocycles. The van der Waals surface area contributed by atoms with Crippen LogP contribution in [0.4, 0.5) is 0 Å². The number of hydrogen-bond acceptors (Lipinski definition) is 6. The summed E-state index contributed by atoms with van der Waals surface area (Å²) in [5, 5.41) is 11.3. The molecule has 1 aliphatic heterocycles.